The van der Waals surface area contributed by atoms with Crippen LogP contribution < -0.4 is 5.73 Å². The van der Waals surface area contributed by atoms with Crippen LogP contribution >= 0.6 is 0 Å². The van der Waals surface area contributed by atoms with Gasteiger partial charge in [0, 0.05) is 19.1 Å². The second-order valence-electron chi connectivity index (χ2n) is 3.63. The molecule has 2 heteroatoms. The second-order valence-corrected chi connectivity index (χ2v) is 3.63. The number of benzene rings is 1. The van der Waals surface area contributed by atoms with Crippen LogP contribution in [-0.2, 0) is 6.54 Å². The van der Waals surface area contributed by atoms with Crippen LogP contribution in [0.5, 0.6) is 0 Å². The molecule has 0 radical (unpaired) electrons. The lowest BCUT2D eigenvalue weighted by molar-refractivity contribution is 0.243. The van der Waals surface area contributed by atoms with Gasteiger partial charge in [-0.3, -0.25) is 4.90 Å². The zero-order valence-corrected chi connectivity index (χ0v) is 8.03. The standard InChI is InChI=1S/C11H16N2/c1-2-13-7-9-5-3-4-6-10(9)11(12)8-13/h3-6,11H,2,7-8,12H2,1H3. The molecule has 1 aromatic carbocycles. The average molecular weight is 176 g/mol. The van der Waals surface area contributed by atoms with Crippen LogP contribution in [0.3, 0.4) is 0 Å². The third-order valence-corrected chi connectivity index (χ3v) is 2.75. The summed E-state index contributed by atoms with van der Waals surface area (Å²) in [6.07, 6.45) is 0. The fourth-order valence-corrected chi connectivity index (χ4v) is 1.96. The number of hydrogen-bond donors (Lipinski definition) is 1. The number of hydrogen-bond acceptors (Lipinski definition) is 2. The predicted molar refractivity (Wildman–Crippen MR) is 54.3 cm³/mol. The molecule has 1 unspecified atom stereocenters. The summed E-state index contributed by atoms with van der Waals surface area (Å²) >= 11 is 0. The molecule has 0 aliphatic carbocycles. The molecule has 0 amide bonds. The molecule has 2 N–H and O–H groups in total. The Hall–Kier alpha value is -0.860. The van der Waals surface area contributed by atoms with Crippen molar-refractivity contribution in [2.45, 2.75) is 19.5 Å². The van der Waals surface area contributed by atoms with Crippen LogP contribution in [0, 0.1) is 0 Å². The van der Waals surface area contributed by atoms with Crippen LogP contribution in [0.15, 0.2) is 24.3 Å². The number of likely N-dealkylation sites (N-methyl/N-ethyl adjacent to an activating group) is 1. The van der Waals surface area contributed by atoms with Crippen molar-refractivity contribution in [2.75, 3.05) is 13.1 Å². The third-order valence-electron chi connectivity index (χ3n) is 2.75. The van der Waals surface area contributed by atoms with Gasteiger partial charge in [-0.1, -0.05) is 31.2 Å². The molecule has 0 spiro atoms. The SMILES string of the molecule is CCN1Cc2ccccc2C(N)C1. The Labute approximate surface area is 79.4 Å². The minimum atomic E-state index is 0.199. The van der Waals surface area contributed by atoms with Crippen molar-refractivity contribution < 1.29 is 0 Å². The van der Waals surface area contributed by atoms with Gasteiger partial charge < -0.3 is 5.73 Å². The minimum Gasteiger partial charge on any atom is -0.323 e. The number of nitrogens with zero attached hydrogens (tertiary/aromatic N) is 1. The van der Waals surface area contributed by atoms with Crippen molar-refractivity contribution in [1.29, 1.82) is 0 Å². The number of fused-ring (bicyclic) bond motifs is 1. The molecule has 1 atom stereocenters. The van der Waals surface area contributed by atoms with Gasteiger partial charge in [-0.05, 0) is 17.7 Å². The van der Waals surface area contributed by atoms with Gasteiger partial charge in [0.2, 0.25) is 0 Å². The van der Waals surface area contributed by atoms with E-state index in [0.29, 0.717) is 0 Å². The Bertz CT molecular complexity index is 296. The maximum absolute atomic E-state index is 6.07. The lowest BCUT2D eigenvalue weighted by Gasteiger charge is -2.31. The van der Waals surface area contributed by atoms with Crippen LogP contribution in [0.4, 0.5) is 0 Å². The van der Waals surface area contributed by atoms with Crippen LogP contribution in [0.2, 0.25) is 0 Å². The highest BCUT2D eigenvalue weighted by Gasteiger charge is 2.20. The van der Waals surface area contributed by atoms with E-state index in [0.717, 1.165) is 19.6 Å². The van der Waals surface area contributed by atoms with Gasteiger partial charge in [-0.2, -0.15) is 0 Å². The summed E-state index contributed by atoms with van der Waals surface area (Å²) in [5.41, 5.74) is 8.79. The first-order chi connectivity index (χ1) is 6.31. The van der Waals surface area contributed by atoms with Crippen LogP contribution in [-0.4, -0.2) is 18.0 Å². The first-order valence-electron chi connectivity index (χ1n) is 4.87. The van der Waals surface area contributed by atoms with Crippen molar-refractivity contribution in [2.24, 2.45) is 5.73 Å². The molecule has 2 nitrogen and oxygen atoms in total. The highest BCUT2D eigenvalue weighted by atomic mass is 15.1. The van der Waals surface area contributed by atoms with E-state index in [1.807, 2.05) is 0 Å². The van der Waals surface area contributed by atoms with Crippen molar-refractivity contribution in [1.82, 2.24) is 4.90 Å². The molecule has 1 aromatic rings. The molecule has 2 rings (SSSR count). The lowest BCUT2D eigenvalue weighted by Crippen LogP contribution is -2.36. The van der Waals surface area contributed by atoms with E-state index in [-0.39, 0.29) is 6.04 Å². The lowest BCUT2D eigenvalue weighted by atomic mass is 9.96. The Morgan fingerprint density at radius 1 is 1.46 bits per heavy atom. The Morgan fingerprint density at radius 2 is 2.23 bits per heavy atom. The van der Waals surface area contributed by atoms with Gasteiger partial charge in [-0.15, -0.1) is 0 Å². The minimum absolute atomic E-state index is 0.199. The van der Waals surface area contributed by atoms with E-state index in [1.54, 1.807) is 0 Å². The fraction of sp³-hybridized carbons (Fsp3) is 0.455. The van der Waals surface area contributed by atoms with E-state index in [4.69, 9.17) is 5.73 Å². The average Bonchev–Trinajstić information content (AvgIpc) is 2.18. The predicted octanol–water partition coefficient (Wildman–Crippen LogP) is 1.52. The summed E-state index contributed by atoms with van der Waals surface area (Å²) in [5.74, 6) is 0. The number of rotatable bonds is 1. The maximum atomic E-state index is 6.07. The highest BCUT2D eigenvalue weighted by Crippen LogP contribution is 2.23. The van der Waals surface area contributed by atoms with E-state index in [9.17, 15) is 0 Å². The van der Waals surface area contributed by atoms with Gasteiger partial charge in [0.1, 0.15) is 0 Å². The summed E-state index contributed by atoms with van der Waals surface area (Å²) < 4.78 is 0. The van der Waals surface area contributed by atoms with Crippen molar-refractivity contribution >= 4 is 0 Å². The molecular formula is C11H16N2. The molecule has 1 aliphatic rings. The van der Waals surface area contributed by atoms with Crippen molar-refractivity contribution in [3.8, 4) is 0 Å². The van der Waals surface area contributed by atoms with E-state index >= 15 is 0 Å². The molecule has 0 fully saturated rings. The summed E-state index contributed by atoms with van der Waals surface area (Å²) in [4.78, 5) is 2.38. The largest absolute Gasteiger partial charge is 0.323 e. The first kappa shape index (κ1) is 8.73. The highest BCUT2D eigenvalue weighted by molar-refractivity contribution is 5.31. The summed E-state index contributed by atoms with van der Waals surface area (Å²) in [6, 6.07) is 8.68. The summed E-state index contributed by atoms with van der Waals surface area (Å²) in [6.45, 7) is 5.32. The van der Waals surface area contributed by atoms with E-state index in [2.05, 4.69) is 36.1 Å². The molecule has 0 bridgehead atoms. The molecule has 0 aromatic heterocycles. The molecule has 1 aliphatic heterocycles. The first-order valence-corrected chi connectivity index (χ1v) is 4.87. The Balaban J connectivity index is 2.31. The quantitative estimate of drug-likeness (QED) is 0.703. The summed E-state index contributed by atoms with van der Waals surface area (Å²) in [5, 5.41) is 0. The van der Waals surface area contributed by atoms with Gasteiger partial charge in [0.25, 0.3) is 0 Å². The van der Waals surface area contributed by atoms with Gasteiger partial charge in [0.15, 0.2) is 0 Å². The summed E-state index contributed by atoms with van der Waals surface area (Å²) in [7, 11) is 0. The second kappa shape index (κ2) is 3.48. The molecule has 1 heterocycles. The topological polar surface area (TPSA) is 29.3 Å². The van der Waals surface area contributed by atoms with Crippen LogP contribution in [0.25, 0.3) is 0 Å². The molecular weight excluding hydrogens is 160 g/mol. The smallest absolute Gasteiger partial charge is 0.0427 e. The molecule has 0 saturated carbocycles. The van der Waals surface area contributed by atoms with Gasteiger partial charge in [0.05, 0.1) is 0 Å². The molecule has 0 saturated heterocycles. The number of nitrogens with two attached hydrogens (primary N) is 1. The monoisotopic (exact) mass is 176 g/mol. The van der Waals surface area contributed by atoms with Gasteiger partial charge >= 0.3 is 0 Å². The van der Waals surface area contributed by atoms with Crippen molar-refractivity contribution in [3.05, 3.63) is 35.4 Å². The third kappa shape index (κ3) is 1.60. The van der Waals surface area contributed by atoms with Gasteiger partial charge in [-0.25, -0.2) is 0 Å². The Morgan fingerprint density at radius 3 is 3.00 bits per heavy atom. The zero-order chi connectivity index (χ0) is 9.26. The Kier molecular flexibility index (Phi) is 2.34. The fourth-order valence-electron chi connectivity index (χ4n) is 1.96. The van der Waals surface area contributed by atoms with Crippen molar-refractivity contribution in [3.63, 3.8) is 0 Å². The molecule has 70 valence electrons. The van der Waals surface area contributed by atoms with E-state index in [1.165, 1.54) is 11.1 Å². The normalized spacial score (nSPS) is 22.8. The zero-order valence-electron chi connectivity index (χ0n) is 8.03. The molecule has 13 heavy (non-hydrogen) atoms. The maximum Gasteiger partial charge on any atom is 0.0427 e. The van der Waals surface area contributed by atoms with Crippen LogP contribution in [0.1, 0.15) is 24.1 Å². The van der Waals surface area contributed by atoms with E-state index < -0.39 is 0 Å².